The van der Waals surface area contributed by atoms with Crippen molar-refractivity contribution in [2.45, 2.75) is 12.5 Å². The Morgan fingerprint density at radius 3 is 2.27 bits per heavy atom. The quantitative estimate of drug-likeness (QED) is 0.386. The van der Waals surface area contributed by atoms with Crippen LogP contribution in [0.3, 0.4) is 0 Å². The molecule has 0 unspecified atom stereocenters. The molecule has 2 aromatic carbocycles. The minimum absolute atomic E-state index is 0.124. The normalized spacial score (nSPS) is 11.3. The van der Waals surface area contributed by atoms with Crippen molar-refractivity contribution < 1.29 is 29.3 Å². The van der Waals surface area contributed by atoms with E-state index < -0.39 is 29.7 Å². The molecule has 1 aromatic heterocycles. The van der Waals surface area contributed by atoms with Crippen molar-refractivity contribution in [3.8, 4) is 11.6 Å². The van der Waals surface area contributed by atoms with Gasteiger partial charge in [-0.2, -0.15) is 4.98 Å². The zero-order valence-electron chi connectivity index (χ0n) is 17.7. The molecule has 10 nitrogen and oxygen atoms in total. The third-order valence-electron chi connectivity index (χ3n) is 4.70. The van der Waals surface area contributed by atoms with Gasteiger partial charge in [-0.15, -0.1) is 0 Å². The molecule has 0 saturated heterocycles. The predicted molar refractivity (Wildman–Crippen MR) is 117 cm³/mol. The van der Waals surface area contributed by atoms with Gasteiger partial charge in [-0.1, -0.05) is 42.5 Å². The van der Waals surface area contributed by atoms with E-state index in [0.29, 0.717) is 5.75 Å². The average molecular weight is 450 g/mol. The van der Waals surface area contributed by atoms with Gasteiger partial charge in [0.25, 0.3) is 11.8 Å². The number of methoxy groups -OCH3 is 1. The summed E-state index contributed by atoms with van der Waals surface area (Å²) in [6.45, 7) is -0.124. The average Bonchev–Trinajstić information content (AvgIpc) is 2.82. The second-order valence-electron chi connectivity index (χ2n) is 6.92. The first kappa shape index (κ1) is 23.2. The first-order chi connectivity index (χ1) is 15.9. The van der Waals surface area contributed by atoms with Gasteiger partial charge in [-0.25, -0.2) is 4.98 Å². The van der Waals surface area contributed by atoms with Gasteiger partial charge in [-0.3, -0.25) is 14.4 Å². The van der Waals surface area contributed by atoms with Crippen LogP contribution in [0.4, 0.5) is 0 Å². The van der Waals surface area contributed by atoms with Crippen LogP contribution in [0.25, 0.3) is 0 Å². The van der Waals surface area contributed by atoms with Crippen LogP contribution < -0.4 is 15.4 Å². The first-order valence-corrected chi connectivity index (χ1v) is 9.94. The lowest BCUT2D eigenvalue weighted by Crippen LogP contribution is -2.31. The summed E-state index contributed by atoms with van der Waals surface area (Å²) in [5, 5.41) is 24.1. The number of nitrogens with one attached hydrogen (secondary N) is 2. The second-order valence-corrected chi connectivity index (χ2v) is 6.92. The fraction of sp³-hybridized carbons (Fsp3) is 0.174. The van der Waals surface area contributed by atoms with Crippen molar-refractivity contribution in [2.75, 3.05) is 13.7 Å². The zero-order valence-corrected chi connectivity index (χ0v) is 17.7. The number of carboxylic acids is 1. The molecule has 170 valence electrons. The van der Waals surface area contributed by atoms with Crippen LogP contribution in [0.15, 0.2) is 60.8 Å². The van der Waals surface area contributed by atoms with Gasteiger partial charge in [0, 0.05) is 12.7 Å². The van der Waals surface area contributed by atoms with Crippen LogP contribution in [0.1, 0.15) is 44.6 Å². The number of carboxylic acid groups (broad SMARTS) is 1. The van der Waals surface area contributed by atoms with E-state index in [9.17, 15) is 19.5 Å². The number of carbonyl (C=O) groups is 3. The van der Waals surface area contributed by atoms with Gasteiger partial charge < -0.3 is 25.6 Å². The molecule has 3 rings (SSSR count). The molecule has 0 saturated carbocycles. The number of benzene rings is 2. The molecular formula is C23H22N4O6. The van der Waals surface area contributed by atoms with Crippen LogP contribution in [-0.2, 0) is 4.79 Å². The summed E-state index contributed by atoms with van der Waals surface area (Å²) in [4.78, 5) is 43.0. The molecule has 0 aliphatic rings. The Morgan fingerprint density at radius 1 is 1.00 bits per heavy atom. The number of rotatable bonds is 9. The third-order valence-corrected chi connectivity index (χ3v) is 4.70. The first-order valence-electron chi connectivity index (χ1n) is 9.94. The highest BCUT2D eigenvalue weighted by Crippen LogP contribution is 2.25. The fourth-order valence-electron chi connectivity index (χ4n) is 3.01. The summed E-state index contributed by atoms with van der Waals surface area (Å²) in [6, 6.07) is 15.9. The fourth-order valence-corrected chi connectivity index (χ4v) is 3.01. The van der Waals surface area contributed by atoms with E-state index in [1.54, 1.807) is 19.2 Å². The standard InChI is InChI=1S/C23H22N4O6/c1-33-16-9-7-15(8-10-16)19(14-5-3-2-4-6-14)26-21(30)17-13-25-20(27-22(17)31)23(32)24-12-11-18(28)29/h2-10,13,19H,11-12H2,1H3,(H,24,32)(H,26,30)(H,28,29)(H,25,27,31)/t19-/m0/s1. The van der Waals surface area contributed by atoms with E-state index in [2.05, 4.69) is 20.6 Å². The maximum absolute atomic E-state index is 12.9. The van der Waals surface area contributed by atoms with E-state index >= 15 is 0 Å². The van der Waals surface area contributed by atoms with Gasteiger partial charge in [0.05, 0.1) is 19.6 Å². The van der Waals surface area contributed by atoms with Crippen molar-refractivity contribution in [1.82, 2.24) is 20.6 Å². The molecule has 0 fully saturated rings. The molecule has 1 atom stereocenters. The Kier molecular flexibility index (Phi) is 7.53. The van der Waals surface area contributed by atoms with Crippen molar-refractivity contribution in [2.24, 2.45) is 0 Å². The van der Waals surface area contributed by atoms with E-state index in [4.69, 9.17) is 9.84 Å². The largest absolute Gasteiger partial charge is 0.497 e. The van der Waals surface area contributed by atoms with Gasteiger partial charge in [-0.05, 0) is 23.3 Å². The molecule has 2 amide bonds. The Labute approximate surface area is 189 Å². The summed E-state index contributed by atoms with van der Waals surface area (Å²) < 4.78 is 5.19. The minimum atomic E-state index is -1.07. The Hall–Kier alpha value is -4.47. The van der Waals surface area contributed by atoms with Crippen LogP contribution >= 0.6 is 0 Å². The smallest absolute Gasteiger partial charge is 0.305 e. The van der Waals surface area contributed by atoms with E-state index in [1.807, 2.05) is 42.5 Å². The van der Waals surface area contributed by atoms with Crippen LogP contribution in [-0.4, -0.2) is 51.6 Å². The summed E-state index contributed by atoms with van der Waals surface area (Å²) in [6.07, 6.45) is 0.768. The number of hydrogen-bond donors (Lipinski definition) is 4. The summed E-state index contributed by atoms with van der Waals surface area (Å²) >= 11 is 0. The number of aromatic nitrogens is 2. The van der Waals surface area contributed by atoms with Crippen LogP contribution in [0.2, 0.25) is 0 Å². The third kappa shape index (κ3) is 6.03. The van der Waals surface area contributed by atoms with Crippen LogP contribution in [0.5, 0.6) is 11.6 Å². The number of carbonyl (C=O) groups excluding carboxylic acids is 2. The van der Waals surface area contributed by atoms with Gasteiger partial charge in [0.1, 0.15) is 11.3 Å². The molecule has 0 spiro atoms. The number of ether oxygens (including phenoxy) is 1. The Balaban J connectivity index is 1.80. The van der Waals surface area contributed by atoms with E-state index in [0.717, 1.165) is 17.3 Å². The highest BCUT2D eigenvalue weighted by atomic mass is 16.5. The topological polar surface area (TPSA) is 151 Å². The lowest BCUT2D eigenvalue weighted by Gasteiger charge is -2.20. The van der Waals surface area contributed by atoms with E-state index in [-0.39, 0.29) is 24.4 Å². The Bertz CT molecular complexity index is 1140. The number of nitrogens with zero attached hydrogens (tertiary/aromatic N) is 2. The number of aliphatic carboxylic acids is 1. The molecule has 0 aliphatic heterocycles. The number of amides is 2. The number of hydrogen-bond acceptors (Lipinski definition) is 7. The number of aromatic hydroxyl groups is 1. The predicted octanol–water partition coefficient (Wildman–Crippen LogP) is 1.91. The zero-order chi connectivity index (χ0) is 23.8. The lowest BCUT2D eigenvalue weighted by atomic mass is 9.98. The molecule has 0 radical (unpaired) electrons. The SMILES string of the molecule is COc1ccc([C@@H](NC(=O)c2cnc(C(=O)NCCC(=O)O)nc2O)c2ccccc2)cc1. The van der Waals surface area contributed by atoms with Crippen molar-refractivity contribution in [3.05, 3.63) is 83.3 Å². The molecule has 0 bridgehead atoms. The van der Waals surface area contributed by atoms with Crippen molar-refractivity contribution >= 4 is 17.8 Å². The van der Waals surface area contributed by atoms with E-state index in [1.165, 1.54) is 0 Å². The van der Waals surface area contributed by atoms with Gasteiger partial charge in [0.15, 0.2) is 0 Å². The maximum Gasteiger partial charge on any atom is 0.305 e. The lowest BCUT2D eigenvalue weighted by molar-refractivity contribution is -0.136. The molecule has 3 aromatic rings. The molecule has 1 heterocycles. The molecule has 4 N–H and O–H groups in total. The van der Waals surface area contributed by atoms with Gasteiger partial charge >= 0.3 is 5.97 Å². The van der Waals surface area contributed by atoms with Crippen LogP contribution in [0, 0.1) is 0 Å². The maximum atomic E-state index is 12.9. The van der Waals surface area contributed by atoms with Crippen molar-refractivity contribution in [1.29, 1.82) is 0 Å². The summed E-state index contributed by atoms with van der Waals surface area (Å²) in [7, 11) is 1.56. The highest BCUT2D eigenvalue weighted by molar-refractivity contribution is 5.97. The second kappa shape index (κ2) is 10.7. The molecule has 33 heavy (non-hydrogen) atoms. The molecule has 0 aliphatic carbocycles. The Morgan fingerprint density at radius 2 is 1.67 bits per heavy atom. The monoisotopic (exact) mass is 450 g/mol. The molecule has 10 heteroatoms. The molecular weight excluding hydrogens is 428 g/mol. The highest BCUT2D eigenvalue weighted by Gasteiger charge is 2.22. The summed E-state index contributed by atoms with van der Waals surface area (Å²) in [5.74, 6) is -2.87. The summed E-state index contributed by atoms with van der Waals surface area (Å²) in [5.41, 5.74) is 1.38. The van der Waals surface area contributed by atoms with Gasteiger partial charge in [0.2, 0.25) is 11.7 Å². The van der Waals surface area contributed by atoms with Crippen molar-refractivity contribution in [3.63, 3.8) is 0 Å². The minimum Gasteiger partial charge on any atom is -0.497 e.